The maximum atomic E-state index is 6.05. The standard InChI is InChI=1S/C14H22N2O/c1-14(2)8-7-10(9-14)16-11-5-4-6-12(17-3)13(11)15/h4-6,10,16H,7-9,15H2,1-3H3. The molecule has 1 aromatic rings. The number of hydrogen-bond donors (Lipinski definition) is 2. The lowest BCUT2D eigenvalue weighted by Crippen LogP contribution is -2.18. The normalized spacial score (nSPS) is 22.4. The number of hydrogen-bond acceptors (Lipinski definition) is 3. The number of nitrogen functional groups attached to an aromatic ring is 1. The van der Waals surface area contributed by atoms with E-state index in [9.17, 15) is 0 Å². The zero-order chi connectivity index (χ0) is 12.5. The smallest absolute Gasteiger partial charge is 0.143 e. The highest BCUT2D eigenvalue weighted by Crippen LogP contribution is 2.39. The van der Waals surface area contributed by atoms with Crippen molar-refractivity contribution in [3.63, 3.8) is 0 Å². The molecule has 0 heterocycles. The number of anilines is 2. The van der Waals surface area contributed by atoms with E-state index in [2.05, 4.69) is 19.2 Å². The second-order valence-electron chi connectivity index (χ2n) is 5.67. The van der Waals surface area contributed by atoms with Crippen molar-refractivity contribution in [2.45, 2.75) is 39.2 Å². The van der Waals surface area contributed by atoms with Gasteiger partial charge in [-0.05, 0) is 36.8 Å². The summed E-state index contributed by atoms with van der Waals surface area (Å²) in [6.07, 6.45) is 3.68. The number of benzene rings is 1. The third kappa shape index (κ3) is 2.65. The van der Waals surface area contributed by atoms with Crippen LogP contribution >= 0.6 is 0 Å². The third-order valence-corrected chi connectivity index (χ3v) is 3.61. The Bertz CT molecular complexity index is 401. The molecule has 1 atom stereocenters. The molecule has 1 fully saturated rings. The van der Waals surface area contributed by atoms with Gasteiger partial charge < -0.3 is 15.8 Å². The Morgan fingerprint density at radius 2 is 2.18 bits per heavy atom. The van der Waals surface area contributed by atoms with Crippen LogP contribution in [0.3, 0.4) is 0 Å². The zero-order valence-electron chi connectivity index (χ0n) is 10.9. The summed E-state index contributed by atoms with van der Waals surface area (Å²) in [5.41, 5.74) is 8.20. The van der Waals surface area contributed by atoms with Crippen LogP contribution in [0.2, 0.25) is 0 Å². The Labute approximate surface area is 103 Å². The van der Waals surface area contributed by atoms with Crippen LogP contribution in [0.4, 0.5) is 11.4 Å². The van der Waals surface area contributed by atoms with Crippen molar-refractivity contribution in [2.24, 2.45) is 5.41 Å². The van der Waals surface area contributed by atoms with Crippen molar-refractivity contribution in [2.75, 3.05) is 18.2 Å². The summed E-state index contributed by atoms with van der Waals surface area (Å²) in [4.78, 5) is 0. The van der Waals surface area contributed by atoms with Crippen molar-refractivity contribution >= 4 is 11.4 Å². The van der Waals surface area contributed by atoms with E-state index in [0.717, 1.165) is 11.4 Å². The first-order valence-electron chi connectivity index (χ1n) is 6.21. The van der Waals surface area contributed by atoms with Crippen molar-refractivity contribution in [1.29, 1.82) is 0 Å². The van der Waals surface area contributed by atoms with Crippen molar-refractivity contribution in [3.8, 4) is 5.75 Å². The fraction of sp³-hybridized carbons (Fsp3) is 0.571. The molecule has 0 aromatic heterocycles. The van der Waals surface area contributed by atoms with E-state index in [4.69, 9.17) is 10.5 Å². The summed E-state index contributed by atoms with van der Waals surface area (Å²) >= 11 is 0. The molecule has 3 heteroatoms. The quantitative estimate of drug-likeness (QED) is 0.789. The second kappa shape index (κ2) is 4.47. The number of ether oxygens (including phenoxy) is 1. The lowest BCUT2D eigenvalue weighted by molar-refractivity contribution is 0.378. The van der Waals surface area contributed by atoms with Gasteiger partial charge in [-0.25, -0.2) is 0 Å². The first-order valence-corrected chi connectivity index (χ1v) is 6.21. The molecule has 17 heavy (non-hydrogen) atoms. The van der Waals surface area contributed by atoms with Crippen molar-refractivity contribution < 1.29 is 4.74 Å². The fourth-order valence-electron chi connectivity index (χ4n) is 2.63. The highest BCUT2D eigenvalue weighted by molar-refractivity contribution is 5.73. The van der Waals surface area contributed by atoms with E-state index in [-0.39, 0.29) is 0 Å². The van der Waals surface area contributed by atoms with Crippen LogP contribution in [0.15, 0.2) is 18.2 Å². The summed E-state index contributed by atoms with van der Waals surface area (Å²) in [7, 11) is 1.65. The Morgan fingerprint density at radius 1 is 1.41 bits per heavy atom. The average Bonchev–Trinajstić information content (AvgIpc) is 2.61. The molecule has 1 aliphatic carbocycles. The highest BCUT2D eigenvalue weighted by atomic mass is 16.5. The maximum Gasteiger partial charge on any atom is 0.143 e. The molecule has 1 unspecified atom stereocenters. The second-order valence-corrected chi connectivity index (χ2v) is 5.67. The van der Waals surface area contributed by atoms with E-state index < -0.39 is 0 Å². The minimum Gasteiger partial charge on any atom is -0.495 e. The number of methoxy groups -OCH3 is 1. The van der Waals surface area contributed by atoms with Crippen LogP contribution in [0.5, 0.6) is 5.75 Å². The Kier molecular flexibility index (Phi) is 3.18. The molecule has 94 valence electrons. The minimum absolute atomic E-state index is 0.450. The molecule has 0 bridgehead atoms. The molecule has 0 spiro atoms. The molecule has 0 aliphatic heterocycles. The molecule has 1 saturated carbocycles. The van der Waals surface area contributed by atoms with E-state index in [1.54, 1.807) is 7.11 Å². The summed E-state index contributed by atoms with van der Waals surface area (Å²) in [5.74, 6) is 0.743. The van der Waals surface area contributed by atoms with Gasteiger partial charge in [-0.15, -0.1) is 0 Å². The average molecular weight is 234 g/mol. The SMILES string of the molecule is COc1cccc(NC2CCC(C)(C)C2)c1N. The fourth-order valence-corrected chi connectivity index (χ4v) is 2.63. The lowest BCUT2D eigenvalue weighted by Gasteiger charge is -2.20. The molecule has 1 aliphatic rings. The molecule has 1 aromatic carbocycles. The predicted molar refractivity (Wildman–Crippen MR) is 72.4 cm³/mol. The lowest BCUT2D eigenvalue weighted by atomic mass is 9.92. The van der Waals surface area contributed by atoms with Gasteiger partial charge in [-0.3, -0.25) is 0 Å². The first kappa shape index (κ1) is 12.1. The van der Waals surface area contributed by atoms with Gasteiger partial charge in [-0.1, -0.05) is 19.9 Å². The van der Waals surface area contributed by atoms with Gasteiger partial charge >= 0.3 is 0 Å². The molecular weight excluding hydrogens is 212 g/mol. The van der Waals surface area contributed by atoms with Gasteiger partial charge in [0.2, 0.25) is 0 Å². The Morgan fingerprint density at radius 3 is 2.76 bits per heavy atom. The van der Waals surface area contributed by atoms with Gasteiger partial charge in [0.05, 0.1) is 18.5 Å². The van der Waals surface area contributed by atoms with E-state index in [1.165, 1.54) is 19.3 Å². The topological polar surface area (TPSA) is 47.3 Å². The highest BCUT2D eigenvalue weighted by Gasteiger charge is 2.31. The summed E-state index contributed by atoms with van der Waals surface area (Å²) in [5, 5.41) is 3.53. The van der Waals surface area contributed by atoms with Gasteiger partial charge in [-0.2, -0.15) is 0 Å². The molecule has 3 N–H and O–H groups in total. The van der Waals surface area contributed by atoms with Crippen LogP contribution in [0.1, 0.15) is 33.1 Å². The van der Waals surface area contributed by atoms with E-state index >= 15 is 0 Å². The van der Waals surface area contributed by atoms with Crippen LogP contribution in [-0.2, 0) is 0 Å². The largest absolute Gasteiger partial charge is 0.495 e. The number of para-hydroxylation sites is 1. The van der Waals surface area contributed by atoms with E-state index in [0.29, 0.717) is 17.1 Å². The predicted octanol–water partition coefficient (Wildman–Crippen LogP) is 3.27. The zero-order valence-corrected chi connectivity index (χ0v) is 10.9. The van der Waals surface area contributed by atoms with Crippen LogP contribution in [-0.4, -0.2) is 13.2 Å². The number of rotatable bonds is 3. The van der Waals surface area contributed by atoms with Gasteiger partial charge in [0.15, 0.2) is 0 Å². The molecule has 0 amide bonds. The summed E-state index contributed by atoms with van der Waals surface area (Å²) < 4.78 is 5.23. The summed E-state index contributed by atoms with van der Waals surface area (Å²) in [6, 6.07) is 6.40. The number of nitrogens with one attached hydrogen (secondary N) is 1. The van der Waals surface area contributed by atoms with Crippen LogP contribution < -0.4 is 15.8 Å². The molecule has 0 saturated heterocycles. The first-order chi connectivity index (χ1) is 8.02. The van der Waals surface area contributed by atoms with Gasteiger partial charge in [0.25, 0.3) is 0 Å². The van der Waals surface area contributed by atoms with Gasteiger partial charge in [0.1, 0.15) is 5.75 Å². The van der Waals surface area contributed by atoms with E-state index in [1.807, 2.05) is 18.2 Å². The maximum absolute atomic E-state index is 6.05. The minimum atomic E-state index is 0.450. The van der Waals surface area contributed by atoms with Crippen molar-refractivity contribution in [1.82, 2.24) is 0 Å². The monoisotopic (exact) mass is 234 g/mol. The van der Waals surface area contributed by atoms with Crippen LogP contribution in [0, 0.1) is 5.41 Å². The number of nitrogens with two attached hydrogens (primary N) is 1. The Hall–Kier alpha value is -1.38. The molecule has 0 radical (unpaired) electrons. The summed E-state index contributed by atoms with van der Waals surface area (Å²) in [6.45, 7) is 4.65. The molecule has 2 rings (SSSR count). The van der Waals surface area contributed by atoms with Crippen LogP contribution in [0.25, 0.3) is 0 Å². The third-order valence-electron chi connectivity index (χ3n) is 3.61. The Balaban J connectivity index is 2.09. The molecular formula is C14H22N2O. The van der Waals surface area contributed by atoms with Crippen molar-refractivity contribution in [3.05, 3.63) is 18.2 Å². The van der Waals surface area contributed by atoms with Gasteiger partial charge in [0, 0.05) is 6.04 Å². The molecule has 3 nitrogen and oxygen atoms in total.